The Morgan fingerprint density at radius 3 is 3.05 bits per heavy atom. The van der Waals surface area contributed by atoms with E-state index in [1.54, 1.807) is 11.3 Å². The second-order valence-corrected chi connectivity index (χ2v) is 6.24. The molecule has 5 nitrogen and oxygen atoms in total. The van der Waals surface area contributed by atoms with Crippen LogP contribution in [0.15, 0.2) is 18.2 Å². The Hall–Kier alpha value is -1.37. The van der Waals surface area contributed by atoms with Gasteiger partial charge in [-0.2, -0.15) is 0 Å². The summed E-state index contributed by atoms with van der Waals surface area (Å²) in [5.74, 6) is 0. The van der Waals surface area contributed by atoms with Gasteiger partial charge in [-0.05, 0) is 25.1 Å². The first-order valence-electron chi connectivity index (χ1n) is 6.93. The minimum atomic E-state index is 0.367. The van der Waals surface area contributed by atoms with Crippen molar-refractivity contribution in [2.45, 2.75) is 13.0 Å². The van der Waals surface area contributed by atoms with Gasteiger partial charge in [-0.3, -0.25) is 4.90 Å². The molecule has 1 unspecified atom stereocenters. The van der Waals surface area contributed by atoms with Crippen molar-refractivity contribution in [2.24, 2.45) is 0 Å². The first-order chi connectivity index (χ1) is 9.70. The van der Waals surface area contributed by atoms with E-state index >= 15 is 0 Å². The standard InChI is InChI=1S/C14H20N4OS/c1-10(9-18-4-6-19-7-5-18)16-14-17-12-3-2-11(15)8-13(12)20-14/h2-3,8,10H,4-7,9,15H2,1H3,(H,16,17). The zero-order valence-corrected chi connectivity index (χ0v) is 12.4. The summed E-state index contributed by atoms with van der Waals surface area (Å²) < 4.78 is 6.50. The average Bonchev–Trinajstić information content (AvgIpc) is 2.80. The molecule has 2 heterocycles. The van der Waals surface area contributed by atoms with Crippen LogP contribution in [-0.4, -0.2) is 48.8 Å². The van der Waals surface area contributed by atoms with Crippen molar-refractivity contribution in [1.29, 1.82) is 0 Å². The van der Waals surface area contributed by atoms with Crippen LogP contribution in [0.2, 0.25) is 0 Å². The fourth-order valence-electron chi connectivity index (χ4n) is 2.43. The number of benzene rings is 1. The number of hydrogen-bond acceptors (Lipinski definition) is 6. The highest BCUT2D eigenvalue weighted by Gasteiger charge is 2.14. The van der Waals surface area contributed by atoms with Crippen molar-refractivity contribution < 1.29 is 4.74 Å². The summed E-state index contributed by atoms with van der Waals surface area (Å²) in [6, 6.07) is 6.21. The Morgan fingerprint density at radius 1 is 1.45 bits per heavy atom. The second kappa shape index (κ2) is 5.95. The molecule has 1 saturated heterocycles. The summed E-state index contributed by atoms with van der Waals surface area (Å²) in [5, 5.41) is 4.45. The van der Waals surface area contributed by atoms with E-state index in [9.17, 15) is 0 Å². The molecule has 20 heavy (non-hydrogen) atoms. The Labute approximate surface area is 122 Å². The van der Waals surface area contributed by atoms with Gasteiger partial charge in [-0.15, -0.1) is 0 Å². The van der Waals surface area contributed by atoms with Crippen LogP contribution in [0.5, 0.6) is 0 Å². The molecule has 1 aromatic heterocycles. The van der Waals surface area contributed by atoms with Crippen molar-refractivity contribution in [3.05, 3.63) is 18.2 Å². The summed E-state index contributed by atoms with van der Waals surface area (Å²) in [6.07, 6.45) is 0. The van der Waals surface area contributed by atoms with Crippen molar-refractivity contribution in [1.82, 2.24) is 9.88 Å². The number of morpholine rings is 1. The fraction of sp³-hybridized carbons (Fsp3) is 0.500. The van der Waals surface area contributed by atoms with Crippen LogP contribution in [0.1, 0.15) is 6.92 Å². The third-order valence-corrected chi connectivity index (χ3v) is 4.37. The number of ether oxygens (including phenoxy) is 1. The van der Waals surface area contributed by atoms with Gasteiger partial charge in [0.25, 0.3) is 0 Å². The highest BCUT2D eigenvalue weighted by atomic mass is 32.1. The van der Waals surface area contributed by atoms with Gasteiger partial charge in [0.05, 0.1) is 23.4 Å². The molecule has 1 aromatic carbocycles. The molecule has 108 valence electrons. The summed E-state index contributed by atoms with van der Waals surface area (Å²) in [4.78, 5) is 7.02. The van der Waals surface area contributed by atoms with E-state index in [0.29, 0.717) is 6.04 Å². The molecule has 1 atom stereocenters. The van der Waals surface area contributed by atoms with Crippen molar-refractivity contribution in [3.8, 4) is 0 Å². The van der Waals surface area contributed by atoms with Gasteiger partial charge in [0.15, 0.2) is 5.13 Å². The van der Waals surface area contributed by atoms with Crippen LogP contribution in [0, 0.1) is 0 Å². The van der Waals surface area contributed by atoms with Gasteiger partial charge < -0.3 is 15.8 Å². The van der Waals surface area contributed by atoms with Crippen molar-refractivity contribution >= 4 is 32.4 Å². The number of anilines is 2. The molecule has 6 heteroatoms. The Morgan fingerprint density at radius 2 is 2.25 bits per heavy atom. The lowest BCUT2D eigenvalue weighted by Gasteiger charge is -2.29. The Kier molecular flexibility index (Phi) is 4.05. The van der Waals surface area contributed by atoms with Gasteiger partial charge in [0.2, 0.25) is 0 Å². The highest BCUT2D eigenvalue weighted by Crippen LogP contribution is 2.27. The Balaban J connectivity index is 1.63. The zero-order valence-electron chi connectivity index (χ0n) is 11.6. The third kappa shape index (κ3) is 3.20. The average molecular weight is 292 g/mol. The van der Waals surface area contributed by atoms with E-state index < -0.39 is 0 Å². The monoisotopic (exact) mass is 292 g/mol. The molecule has 0 saturated carbocycles. The number of nitrogen functional groups attached to an aromatic ring is 1. The molecular formula is C14H20N4OS. The lowest BCUT2D eigenvalue weighted by Crippen LogP contribution is -2.42. The van der Waals surface area contributed by atoms with Gasteiger partial charge in [0.1, 0.15) is 0 Å². The Bertz CT molecular complexity index is 580. The highest BCUT2D eigenvalue weighted by molar-refractivity contribution is 7.22. The predicted octanol–water partition coefficient (Wildman–Crippen LogP) is 2.01. The van der Waals surface area contributed by atoms with Gasteiger partial charge >= 0.3 is 0 Å². The molecule has 0 amide bonds. The lowest BCUT2D eigenvalue weighted by molar-refractivity contribution is 0.0368. The second-order valence-electron chi connectivity index (χ2n) is 5.20. The van der Waals surface area contributed by atoms with Crippen LogP contribution < -0.4 is 11.1 Å². The SMILES string of the molecule is CC(CN1CCOCC1)Nc1nc2ccc(N)cc2s1. The van der Waals surface area contributed by atoms with Crippen molar-refractivity contribution in [3.63, 3.8) is 0 Å². The zero-order chi connectivity index (χ0) is 13.9. The molecule has 3 N–H and O–H groups in total. The van der Waals surface area contributed by atoms with Crippen molar-refractivity contribution in [2.75, 3.05) is 43.9 Å². The summed E-state index contributed by atoms with van der Waals surface area (Å²) in [7, 11) is 0. The van der Waals surface area contributed by atoms with Gasteiger partial charge in [-0.1, -0.05) is 11.3 Å². The number of hydrogen-bond donors (Lipinski definition) is 2. The number of nitrogens with two attached hydrogens (primary N) is 1. The molecule has 1 fully saturated rings. The first kappa shape index (κ1) is 13.6. The van der Waals surface area contributed by atoms with Gasteiger partial charge in [0, 0.05) is 31.4 Å². The van der Waals surface area contributed by atoms with E-state index in [0.717, 1.165) is 53.9 Å². The molecule has 0 spiro atoms. The molecule has 2 aromatic rings. The van der Waals surface area contributed by atoms with E-state index in [1.807, 2.05) is 18.2 Å². The third-order valence-electron chi connectivity index (χ3n) is 3.42. The van der Waals surface area contributed by atoms with Crippen LogP contribution >= 0.6 is 11.3 Å². The van der Waals surface area contributed by atoms with Gasteiger partial charge in [-0.25, -0.2) is 4.98 Å². The summed E-state index contributed by atoms with van der Waals surface area (Å²) in [5.41, 5.74) is 7.59. The molecule has 1 aliphatic heterocycles. The molecule has 0 radical (unpaired) electrons. The number of rotatable bonds is 4. The lowest BCUT2D eigenvalue weighted by atomic mass is 10.3. The number of aromatic nitrogens is 1. The fourth-order valence-corrected chi connectivity index (χ4v) is 3.46. The molecule has 0 aliphatic carbocycles. The van der Waals surface area contributed by atoms with E-state index in [-0.39, 0.29) is 0 Å². The molecule has 1 aliphatic rings. The van der Waals surface area contributed by atoms with E-state index in [2.05, 4.69) is 22.1 Å². The number of fused-ring (bicyclic) bond motifs is 1. The maximum Gasteiger partial charge on any atom is 0.184 e. The number of nitrogens with one attached hydrogen (secondary N) is 1. The quantitative estimate of drug-likeness (QED) is 0.844. The number of nitrogens with zero attached hydrogens (tertiary/aromatic N) is 2. The molecular weight excluding hydrogens is 272 g/mol. The smallest absolute Gasteiger partial charge is 0.184 e. The maximum atomic E-state index is 5.80. The van der Waals surface area contributed by atoms with Crippen LogP contribution in [0.3, 0.4) is 0 Å². The molecule has 0 bridgehead atoms. The first-order valence-corrected chi connectivity index (χ1v) is 7.75. The normalized spacial score (nSPS) is 18.2. The largest absolute Gasteiger partial charge is 0.399 e. The van der Waals surface area contributed by atoms with E-state index in [1.165, 1.54) is 0 Å². The minimum absolute atomic E-state index is 0.367. The predicted molar refractivity (Wildman–Crippen MR) is 84.4 cm³/mol. The summed E-state index contributed by atoms with van der Waals surface area (Å²) >= 11 is 1.66. The minimum Gasteiger partial charge on any atom is -0.399 e. The molecule has 3 rings (SSSR count). The topological polar surface area (TPSA) is 63.4 Å². The van der Waals surface area contributed by atoms with Crippen LogP contribution in [0.25, 0.3) is 10.2 Å². The summed E-state index contributed by atoms with van der Waals surface area (Å²) in [6.45, 7) is 6.92. The maximum absolute atomic E-state index is 5.80. The number of thiazole rings is 1. The van der Waals surface area contributed by atoms with Crippen LogP contribution in [0.4, 0.5) is 10.8 Å². The van der Waals surface area contributed by atoms with Crippen LogP contribution in [-0.2, 0) is 4.74 Å². The van der Waals surface area contributed by atoms with E-state index in [4.69, 9.17) is 10.5 Å².